The number of amides is 1. The van der Waals surface area contributed by atoms with E-state index in [1.165, 1.54) is 4.68 Å². The van der Waals surface area contributed by atoms with Crippen molar-refractivity contribution in [2.24, 2.45) is 0 Å². The number of nitrogens with zero attached hydrogens (tertiary/aromatic N) is 4. The number of ether oxygens (including phenoxy) is 1. The molecule has 0 atom stereocenters. The van der Waals surface area contributed by atoms with Gasteiger partial charge in [-0.15, -0.1) is 5.10 Å². The average Bonchev–Trinajstić information content (AvgIpc) is 3.11. The maximum atomic E-state index is 12.0. The van der Waals surface area contributed by atoms with Crippen LogP contribution >= 0.6 is 0 Å². The lowest BCUT2D eigenvalue weighted by Crippen LogP contribution is -2.30. The second-order valence-corrected chi connectivity index (χ2v) is 4.55. The summed E-state index contributed by atoms with van der Waals surface area (Å²) in [5.41, 5.74) is 6.22. The van der Waals surface area contributed by atoms with E-state index in [2.05, 4.69) is 26.1 Å². The molecule has 0 aliphatic rings. The first-order valence-electron chi connectivity index (χ1n) is 6.80. The average molecular weight is 310 g/mol. The zero-order valence-electron chi connectivity index (χ0n) is 12.3. The van der Waals surface area contributed by atoms with E-state index in [4.69, 9.17) is 4.74 Å². The highest BCUT2D eigenvalue weighted by Crippen LogP contribution is 2.10. The zero-order chi connectivity index (χ0) is 16.1. The maximum absolute atomic E-state index is 12.0. The van der Waals surface area contributed by atoms with E-state index in [1.807, 2.05) is 30.3 Å². The number of pyridine rings is 1. The summed E-state index contributed by atoms with van der Waals surface area (Å²) in [7, 11) is 1.56. The van der Waals surface area contributed by atoms with E-state index in [9.17, 15) is 4.79 Å². The molecule has 2 aromatic heterocycles. The van der Waals surface area contributed by atoms with Gasteiger partial charge in [0.1, 0.15) is 11.6 Å². The molecule has 2 heterocycles. The highest BCUT2D eigenvalue weighted by Gasteiger charge is 2.11. The van der Waals surface area contributed by atoms with Gasteiger partial charge in [-0.25, -0.2) is 9.67 Å². The number of hydrogen-bond donors (Lipinski definition) is 2. The molecule has 0 fully saturated rings. The molecule has 8 heteroatoms. The Labute approximate surface area is 132 Å². The maximum Gasteiger partial charge on any atom is 0.291 e. The Balaban J connectivity index is 1.63. The third-order valence-corrected chi connectivity index (χ3v) is 3.02. The summed E-state index contributed by atoms with van der Waals surface area (Å²) in [5.74, 6) is 0.701. The van der Waals surface area contributed by atoms with Crippen molar-refractivity contribution in [2.75, 3.05) is 12.5 Å². The van der Waals surface area contributed by atoms with Crippen LogP contribution in [0.2, 0.25) is 0 Å². The Morgan fingerprint density at radius 1 is 1.17 bits per heavy atom. The van der Waals surface area contributed by atoms with Crippen molar-refractivity contribution in [2.45, 2.75) is 0 Å². The van der Waals surface area contributed by atoms with Crippen LogP contribution in [0.15, 0.2) is 54.9 Å². The summed E-state index contributed by atoms with van der Waals surface area (Å²) < 4.78 is 6.54. The molecule has 23 heavy (non-hydrogen) atoms. The number of benzene rings is 1. The molecular weight excluding hydrogens is 296 g/mol. The molecule has 116 valence electrons. The van der Waals surface area contributed by atoms with E-state index < -0.39 is 5.91 Å². The minimum absolute atomic E-state index is 0.190. The Morgan fingerprint density at radius 2 is 2.00 bits per heavy atom. The van der Waals surface area contributed by atoms with Gasteiger partial charge in [-0.2, -0.15) is 0 Å². The molecule has 0 aliphatic heterocycles. The predicted molar refractivity (Wildman–Crippen MR) is 83.2 cm³/mol. The molecule has 3 rings (SSSR count). The number of nitrogens with one attached hydrogen (secondary N) is 2. The molecule has 0 bridgehead atoms. The first-order valence-corrected chi connectivity index (χ1v) is 6.80. The number of methoxy groups -OCH3 is 1. The quantitative estimate of drug-likeness (QED) is 0.692. The van der Waals surface area contributed by atoms with Gasteiger partial charge in [0, 0.05) is 0 Å². The van der Waals surface area contributed by atoms with Gasteiger partial charge in [0.2, 0.25) is 0 Å². The number of carbonyl (C=O) groups excluding carboxylic acids is 1. The summed E-state index contributed by atoms with van der Waals surface area (Å²) in [6.07, 6.45) is 3.09. The van der Waals surface area contributed by atoms with Crippen molar-refractivity contribution in [3.8, 4) is 11.4 Å². The van der Waals surface area contributed by atoms with E-state index in [0.29, 0.717) is 11.6 Å². The third-order valence-electron chi connectivity index (χ3n) is 3.02. The topological polar surface area (TPSA) is 94.0 Å². The van der Waals surface area contributed by atoms with Crippen molar-refractivity contribution in [3.63, 3.8) is 0 Å². The van der Waals surface area contributed by atoms with Crippen molar-refractivity contribution < 1.29 is 9.53 Å². The molecule has 2 N–H and O–H groups in total. The highest BCUT2D eigenvalue weighted by atomic mass is 16.5. The van der Waals surface area contributed by atoms with Gasteiger partial charge >= 0.3 is 0 Å². The van der Waals surface area contributed by atoms with Gasteiger partial charge in [-0.05, 0) is 24.3 Å². The minimum atomic E-state index is -0.412. The molecule has 0 saturated carbocycles. The number of para-hydroxylation sites is 1. The van der Waals surface area contributed by atoms with Crippen LogP contribution in [-0.4, -0.2) is 33.0 Å². The van der Waals surface area contributed by atoms with Crippen LogP contribution in [0, 0.1) is 0 Å². The van der Waals surface area contributed by atoms with E-state index >= 15 is 0 Å². The molecule has 0 spiro atoms. The standard InChI is InChI=1S/C15H14N6O2/c1-23-12-7-8-14(16-9-12)18-19-15(22)13-10-21(20-17-13)11-5-3-2-4-6-11/h2-10H,1H3,(H,16,18)(H,19,22). The fraction of sp³-hybridized carbons (Fsp3) is 0.0667. The van der Waals surface area contributed by atoms with Gasteiger partial charge in [0.05, 0.1) is 25.2 Å². The summed E-state index contributed by atoms with van der Waals surface area (Å²) in [6.45, 7) is 0. The van der Waals surface area contributed by atoms with Crippen LogP contribution in [0.3, 0.4) is 0 Å². The lowest BCUT2D eigenvalue weighted by molar-refractivity contribution is 0.0957. The minimum Gasteiger partial charge on any atom is -0.495 e. The molecule has 1 amide bonds. The zero-order valence-corrected chi connectivity index (χ0v) is 12.3. The number of carbonyl (C=O) groups is 1. The van der Waals surface area contributed by atoms with Gasteiger partial charge in [-0.1, -0.05) is 23.4 Å². The predicted octanol–water partition coefficient (Wildman–Crippen LogP) is 1.43. The van der Waals surface area contributed by atoms with Crippen molar-refractivity contribution >= 4 is 11.7 Å². The molecule has 0 unspecified atom stereocenters. The molecular formula is C15H14N6O2. The van der Waals surface area contributed by atoms with Crippen LogP contribution in [0.4, 0.5) is 5.82 Å². The fourth-order valence-corrected chi connectivity index (χ4v) is 1.83. The lowest BCUT2D eigenvalue weighted by atomic mass is 10.3. The van der Waals surface area contributed by atoms with Crippen LogP contribution < -0.4 is 15.6 Å². The van der Waals surface area contributed by atoms with Gasteiger partial charge in [0.25, 0.3) is 5.91 Å². The first-order chi connectivity index (χ1) is 11.3. The van der Waals surface area contributed by atoms with Crippen molar-refractivity contribution in [3.05, 3.63) is 60.6 Å². The Kier molecular flexibility index (Phi) is 4.14. The summed E-state index contributed by atoms with van der Waals surface area (Å²) in [4.78, 5) is 16.1. The SMILES string of the molecule is COc1ccc(NNC(=O)c2cn(-c3ccccc3)nn2)nc1. The van der Waals surface area contributed by atoms with E-state index in [1.54, 1.807) is 31.6 Å². The van der Waals surface area contributed by atoms with Crippen molar-refractivity contribution in [1.82, 2.24) is 25.4 Å². The number of aromatic nitrogens is 4. The van der Waals surface area contributed by atoms with Gasteiger partial charge < -0.3 is 4.74 Å². The molecule has 0 saturated heterocycles. The van der Waals surface area contributed by atoms with Crippen LogP contribution in [0.1, 0.15) is 10.5 Å². The van der Waals surface area contributed by atoms with E-state index in [0.717, 1.165) is 5.69 Å². The smallest absolute Gasteiger partial charge is 0.291 e. The van der Waals surface area contributed by atoms with Gasteiger partial charge in [0.15, 0.2) is 5.69 Å². The number of hydrazine groups is 1. The molecule has 3 aromatic rings. The lowest BCUT2D eigenvalue weighted by Gasteiger charge is -2.06. The number of rotatable bonds is 5. The van der Waals surface area contributed by atoms with Crippen LogP contribution in [-0.2, 0) is 0 Å². The van der Waals surface area contributed by atoms with Gasteiger partial charge in [-0.3, -0.25) is 15.6 Å². The molecule has 1 aromatic carbocycles. The Bertz CT molecular complexity index is 785. The second-order valence-electron chi connectivity index (χ2n) is 4.55. The van der Waals surface area contributed by atoms with Crippen LogP contribution in [0.5, 0.6) is 5.75 Å². The third kappa shape index (κ3) is 3.43. The number of hydrogen-bond acceptors (Lipinski definition) is 6. The number of anilines is 1. The van der Waals surface area contributed by atoms with Crippen LogP contribution in [0.25, 0.3) is 5.69 Å². The van der Waals surface area contributed by atoms with E-state index in [-0.39, 0.29) is 5.69 Å². The molecule has 0 radical (unpaired) electrons. The summed E-state index contributed by atoms with van der Waals surface area (Å²) in [5, 5.41) is 7.78. The summed E-state index contributed by atoms with van der Waals surface area (Å²) >= 11 is 0. The molecule has 8 nitrogen and oxygen atoms in total. The first kappa shape index (κ1) is 14.5. The highest BCUT2D eigenvalue weighted by molar-refractivity contribution is 5.92. The summed E-state index contributed by atoms with van der Waals surface area (Å²) in [6, 6.07) is 12.8. The Hall–Kier alpha value is -3.42. The second kappa shape index (κ2) is 6.56. The Morgan fingerprint density at radius 3 is 2.70 bits per heavy atom. The van der Waals surface area contributed by atoms with Crippen molar-refractivity contribution in [1.29, 1.82) is 0 Å². The normalized spacial score (nSPS) is 10.1. The molecule has 0 aliphatic carbocycles. The largest absolute Gasteiger partial charge is 0.495 e. The fourth-order valence-electron chi connectivity index (χ4n) is 1.83. The monoisotopic (exact) mass is 310 g/mol.